The lowest BCUT2D eigenvalue weighted by molar-refractivity contribution is -0.132. The van der Waals surface area contributed by atoms with Crippen molar-refractivity contribution in [3.05, 3.63) is 108 Å². The summed E-state index contributed by atoms with van der Waals surface area (Å²) in [4.78, 5) is 32.3. The molecule has 0 radical (unpaired) electrons. The Hall–Kier alpha value is -4.79. The molecule has 1 fully saturated rings. The number of methoxy groups -OCH3 is 1. The smallest absolute Gasteiger partial charge is 0.254 e. The minimum absolute atomic E-state index is 0.109. The molecule has 2 amide bonds. The van der Waals surface area contributed by atoms with Crippen LogP contribution in [0.25, 0.3) is 11.3 Å². The van der Waals surface area contributed by atoms with Gasteiger partial charge in [0.2, 0.25) is 5.91 Å². The standard InChI is InChI=1S/C32H32FN5O3/c1-23(24-7-4-3-5-8-24)38(32(40)26-9-6-10-27(33)21-26)22-31(39)37-19-17-36(18-20-37)30-16-15-29(34-35-30)25-11-13-28(41-2)14-12-25/h3-16,21,23H,17-20,22H2,1-2H3. The number of carbonyl (C=O) groups is 2. The van der Waals surface area contributed by atoms with Gasteiger partial charge in [-0.3, -0.25) is 9.59 Å². The number of aromatic nitrogens is 2. The molecule has 0 N–H and O–H groups in total. The van der Waals surface area contributed by atoms with Crippen LogP contribution in [0.15, 0.2) is 91.0 Å². The summed E-state index contributed by atoms with van der Waals surface area (Å²) in [7, 11) is 1.63. The first-order chi connectivity index (χ1) is 19.9. The number of rotatable bonds is 8. The normalized spacial score (nSPS) is 13.9. The Kier molecular flexibility index (Phi) is 8.53. The predicted octanol–water partition coefficient (Wildman–Crippen LogP) is 4.84. The van der Waals surface area contributed by atoms with Gasteiger partial charge in [0.25, 0.3) is 5.91 Å². The van der Waals surface area contributed by atoms with Crippen LogP contribution in [-0.2, 0) is 4.79 Å². The third kappa shape index (κ3) is 6.51. The fraction of sp³-hybridized carbons (Fsp3) is 0.250. The first kappa shape index (κ1) is 27.8. The average molecular weight is 554 g/mol. The number of benzene rings is 3. The number of amides is 2. The van der Waals surface area contributed by atoms with Crippen LogP contribution in [0, 0.1) is 5.82 Å². The molecule has 4 aromatic rings. The Labute approximate surface area is 239 Å². The van der Waals surface area contributed by atoms with Crippen molar-refractivity contribution in [2.75, 3.05) is 44.7 Å². The zero-order chi connectivity index (χ0) is 28.8. The Morgan fingerprint density at radius 2 is 1.63 bits per heavy atom. The van der Waals surface area contributed by atoms with Gasteiger partial charge >= 0.3 is 0 Å². The Morgan fingerprint density at radius 1 is 0.902 bits per heavy atom. The largest absolute Gasteiger partial charge is 0.497 e. The fourth-order valence-electron chi connectivity index (χ4n) is 4.92. The van der Waals surface area contributed by atoms with E-state index in [0.29, 0.717) is 26.2 Å². The van der Waals surface area contributed by atoms with Crippen LogP contribution in [0.3, 0.4) is 0 Å². The quantitative estimate of drug-likeness (QED) is 0.311. The van der Waals surface area contributed by atoms with Gasteiger partial charge in [-0.15, -0.1) is 10.2 Å². The lowest BCUT2D eigenvalue weighted by Crippen LogP contribution is -2.52. The molecule has 8 nitrogen and oxygen atoms in total. The van der Waals surface area contributed by atoms with Crippen molar-refractivity contribution in [2.24, 2.45) is 0 Å². The van der Waals surface area contributed by atoms with Gasteiger partial charge in [-0.1, -0.05) is 36.4 Å². The Balaban J connectivity index is 1.24. The molecule has 0 saturated carbocycles. The van der Waals surface area contributed by atoms with Crippen molar-refractivity contribution in [1.82, 2.24) is 20.0 Å². The van der Waals surface area contributed by atoms with Crippen LogP contribution in [-0.4, -0.2) is 71.6 Å². The summed E-state index contributed by atoms with van der Waals surface area (Å²) in [5.41, 5.74) is 2.82. The zero-order valence-corrected chi connectivity index (χ0v) is 23.1. The van der Waals surface area contributed by atoms with Crippen LogP contribution in [0.1, 0.15) is 28.9 Å². The highest BCUT2D eigenvalue weighted by atomic mass is 19.1. The summed E-state index contributed by atoms with van der Waals surface area (Å²) in [5, 5.41) is 8.81. The van der Waals surface area contributed by atoms with E-state index in [2.05, 4.69) is 15.1 Å². The van der Waals surface area contributed by atoms with Crippen molar-refractivity contribution < 1.29 is 18.7 Å². The second-order valence-electron chi connectivity index (χ2n) is 9.90. The number of ether oxygens (including phenoxy) is 1. The maximum Gasteiger partial charge on any atom is 0.254 e. The molecular weight excluding hydrogens is 521 g/mol. The summed E-state index contributed by atoms with van der Waals surface area (Å²) >= 11 is 0. The van der Waals surface area contributed by atoms with E-state index < -0.39 is 5.82 Å². The lowest BCUT2D eigenvalue weighted by Gasteiger charge is -2.37. The van der Waals surface area contributed by atoms with Gasteiger partial charge in [0.05, 0.1) is 18.8 Å². The van der Waals surface area contributed by atoms with Gasteiger partial charge in [-0.25, -0.2) is 4.39 Å². The van der Waals surface area contributed by atoms with Gasteiger partial charge < -0.3 is 19.4 Å². The highest BCUT2D eigenvalue weighted by Gasteiger charge is 2.29. The number of halogens is 1. The molecule has 2 heterocycles. The van der Waals surface area contributed by atoms with E-state index >= 15 is 0 Å². The lowest BCUT2D eigenvalue weighted by atomic mass is 10.1. The zero-order valence-electron chi connectivity index (χ0n) is 23.1. The van der Waals surface area contributed by atoms with Crippen molar-refractivity contribution in [1.29, 1.82) is 0 Å². The second-order valence-corrected chi connectivity index (χ2v) is 9.90. The predicted molar refractivity (Wildman–Crippen MR) is 155 cm³/mol. The van der Waals surface area contributed by atoms with Gasteiger partial charge in [-0.05, 0) is 67.1 Å². The van der Waals surface area contributed by atoms with E-state index in [4.69, 9.17) is 4.74 Å². The minimum atomic E-state index is -0.495. The van der Waals surface area contributed by atoms with E-state index in [1.165, 1.54) is 23.1 Å². The number of anilines is 1. The molecule has 3 aromatic carbocycles. The van der Waals surface area contributed by atoms with Gasteiger partial charge in [0.1, 0.15) is 18.1 Å². The van der Waals surface area contributed by atoms with Crippen molar-refractivity contribution >= 4 is 17.6 Å². The Bertz CT molecular complexity index is 1470. The van der Waals surface area contributed by atoms with Crippen molar-refractivity contribution in [2.45, 2.75) is 13.0 Å². The average Bonchev–Trinajstić information content (AvgIpc) is 3.03. The number of hydrogen-bond donors (Lipinski definition) is 0. The maximum absolute atomic E-state index is 13.9. The first-order valence-corrected chi connectivity index (χ1v) is 13.6. The molecule has 1 atom stereocenters. The molecule has 41 heavy (non-hydrogen) atoms. The number of piperazine rings is 1. The van der Waals surface area contributed by atoms with Crippen LogP contribution in [0.2, 0.25) is 0 Å². The molecule has 1 aliphatic heterocycles. The fourth-order valence-corrected chi connectivity index (χ4v) is 4.92. The van der Waals surface area contributed by atoms with Gasteiger partial charge in [-0.2, -0.15) is 0 Å². The number of hydrogen-bond acceptors (Lipinski definition) is 6. The third-order valence-corrected chi connectivity index (χ3v) is 7.38. The van der Waals surface area contributed by atoms with Crippen molar-refractivity contribution in [3.63, 3.8) is 0 Å². The second kappa shape index (κ2) is 12.6. The van der Waals surface area contributed by atoms with Crippen LogP contribution < -0.4 is 9.64 Å². The van der Waals surface area contributed by atoms with Gasteiger partial charge in [0, 0.05) is 37.3 Å². The molecule has 1 aliphatic rings. The summed E-state index contributed by atoms with van der Waals surface area (Å²) in [6.07, 6.45) is 0. The highest BCUT2D eigenvalue weighted by molar-refractivity contribution is 5.96. The summed E-state index contributed by atoms with van der Waals surface area (Å²) in [5.74, 6) is 0.487. The van der Waals surface area contributed by atoms with E-state index in [0.717, 1.165) is 28.4 Å². The molecule has 1 saturated heterocycles. The minimum Gasteiger partial charge on any atom is -0.497 e. The number of carbonyl (C=O) groups excluding carboxylic acids is 2. The maximum atomic E-state index is 13.9. The summed E-state index contributed by atoms with van der Waals surface area (Å²) in [6.45, 7) is 3.93. The van der Waals surface area contributed by atoms with E-state index in [1.807, 2.05) is 73.7 Å². The summed E-state index contributed by atoms with van der Waals surface area (Å²) in [6, 6.07) is 26.2. The molecule has 5 rings (SSSR count). The van der Waals surface area contributed by atoms with Crippen LogP contribution >= 0.6 is 0 Å². The van der Waals surface area contributed by atoms with E-state index in [-0.39, 0.29) is 30.0 Å². The molecule has 0 spiro atoms. The first-order valence-electron chi connectivity index (χ1n) is 13.6. The molecule has 9 heteroatoms. The monoisotopic (exact) mass is 553 g/mol. The van der Waals surface area contributed by atoms with Crippen LogP contribution in [0.5, 0.6) is 5.75 Å². The SMILES string of the molecule is COc1ccc(-c2ccc(N3CCN(C(=O)CN(C(=O)c4cccc(F)c4)C(C)c4ccccc4)CC3)nn2)cc1. The topological polar surface area (TPSA) is 78.9 Å². The number of nitrogens with zero attached hydrogens (tertiary/aromatic N) is 5. The third-order valence-electron chi connectivity index (χ3n) is 7.38. The molecule has 0 aliphatic carbocycles. The molecular formula is C32H32FN5O3. The Morgan fingerprint density at radius 3 is 2.27 bits per heavy atom. The highest BCUT2D eigenvalue weighted by Crippen LogP contribution is 2.24. The van der Waals surface area contributed by atoms with E-state index in [1.54, 1.807) is 18.1 Å². The van der Waals surface area contributed by atoms with Gasteiger partial charge in [0.15, 0.2) is 5.82 Å². The van der Waals surface area contributed by atoms with Crippen molar-refractivity contribution in [3.8, 4) is 17.0 Å². The molecule has 210 valence electrons. The molecule has 1 unspecified atom stereocenters. The van der Waals surface area contributed by atoms with Crippen LogP contribution in [0.4, 0.5) is 10.2 Å². The molecule has 0 bridgehead atoms. The molecule has 1 aromatic heterocycles. The summed E-state index contributed by atoms with van der Waals surface area (Å²) < 4.78 is 19.1. The van der Waals surface area contributed by atoms with E-state index in [9.17, 15) is 14.0 Å².